The Kier molecular flexibility index (Phi) is 3.28. The van der Waals surface area contributed by atoms with Crippen LogP contribution in [0.25, 0.3) is 0 Å². The number of nitrogen functional groups attached to an aromatic ring is 1. The maximum Gasteiger partial charge on any atom is 0.335 e. The first kappa shape index (κ1) is 11.5. The molecule has 2 atom stereocenters. The third kappa shape index (κ3) is 2.45. The van der Waals surface area contributed by atoms with Crippen LogP contribution in [0.4, 0.5) is 5.69 Å². The fourth-order valence-corrected chi connectivity index (χ4v) is 1.16. The molecule has 1 aromatic carbocycles. The zero-order chi connectivity index (χ0) is 11.6. The van der Waals surface area contributed by atoms with E-state index < -0.39 is 18.2 Å². The van der Waals surface area contributed by atoms with Crippen LogP contribution in [0.5, 0.6) is 0 Å². The lowest BCUT2D eigenvalue weighted by Crippen LogP contribution is -2.27. The zero-order valence-corrected chi connectivity index (χ0v) is 8.21. The summed E-state index contributed by atoms with van der Waals surface area (Å²) in [6.45, 7) is 1.79. The molecule has 2 unspecified atom stereocenters. The highest BCUT2D eigenvalue weighted by Gasteiger charge is 2.25. The van der Waals surface area contributed by atoms with Gasteiger partial charge in [-0.1, -0.05) is 12.1 Å². The first-order valence-electron chi connectivity index (χ1n) is 4.38. The Bertz CT molecular complexity index is 378. The standard InChI is InChI=1S/C10H13NO4/c1-5-2-3-6(4-7(5)11)8(12)9(13)10(14)15/h2-4,8-9,12-13H,11H2,1H3,(H,14,15). The van der Waals surface area contributed by atoms with Gasteiger partial charge in [0.2, 0.25) is 0 Å². The molecule has 0 aliphatic rings. The second kappa shape index (κ2) is 4.29. The predicted octanol–water partition coefficient (Wildman–Crippen LogP) is 0.0561. The van der Waals surface area contributed by atoms with Gasteiger partial charge in [0, 0.05) is 5.69 Å². The molecule has 5 heteroatoms. The number of hydrogen-bond acceptors (Lipinski definition) is 4. The number of aliphatic carboxylic acids is 1. The Morgan fingerprint density at radius 1 is 1.40 bits per heavy atom. The Morgan fingerprint density at radius 3 is 2.47 bits per heavy atom. The average molecular weight is 211 g/mol. The molecule has 0 fully saturated rings. The number of carbonyl (C=O) groups is 1. The summed E-state index contributed by atoms with van der Waals surface area (Å²) in [4.78, 5) is 10.4. The molecule has 0 saturated carbocycles. The molecule has 0 radical (unpaired) electrons. The van der Waals surface area contributed by atoms with Gasteiger partial charge in [0.1, 0.15) is 6.10 Å². The maximum absolute atomic E-state index is 10.4. The summed E-state index contributed by atoms with van der Waals surface area (Å²) in [5.74, 6) is -1.47. The monoisotopic (exact) mass is 211 g/mol. The molecule has 0 aliphatic carbocycles. The number of carboxylic acids is 1. The molecule has 0 heterocycles. The smallest absolute Gasteiger partial charge is 0.335 e. The lowest BCUT2D eigenvalue weighted by atomic mass is 10.0. The molecule has 5 nitrogen and oxygen atoms in total. The minimum atomic E-state index is -1.84. The topological polar surface area (TPSA) is 104 Å². The number of rotatable bonds is 3. The number of carboxylic acid groups (broad SMARTS) is 1. The number of anilines is 1. The molecule has 82 valence electrons. The fourth-order valence-electron chi connectivity index (χ4n) is 1.16. The van der Waals surface area contributed by atoms with Crippen LogP contribution in [0.3, 0.4) is 0 Å². The van der Waals surface area contributed by atoms with Crippen LogP contribution >= 0.6 is 0 Å². The highest BCUT2D eigenvalue weighted by Crippen LogP contribution is 2.21. The van der Waals surface area contributed by atoms with E-state index in [2.05, 4.69) is 0 Å². The highest BCUT2D eigenvalue weighted by molar-refractivity contribution is 5.73. The Balaban J connectivity index is 2.96. The fraction of sp³-hybridized carbons (Fsp3) is 0.300. The summed E-state index contributed by atoms with van der Waals surface area (Å²) < 4.78 is 0. The van der Waals surface area contributed by atoms with Gasteiger partial charge in [0.05, 0.1) is 0 Å². The Morgan fingerprint density at radius 2 is 2.00 bits per heavy atom. The quantitative estimate of drug-likeness (QED) is 0.529. The van der Waals surface area contributed by atoms with E-state index in [1.165, 1.54) is 12.1 Å². The van der Waals surface area contributed by atoms with Crippen molar-refractivity contribution >= 4 is 11.7 Å². The first-order chi connectivity index (χ1) is 6.93. The minimum Gasteiger partial charge on any atom is -0.479 e. The number of aliphatic hydroxyl groups excluding tert-OH is 2. The Labute approximate surface area is 86.8 Å². The molecule has 1 rings (SSSR count). The van der Waals surface area contributed by atoms with Gasteiger partial charge in [-0.05, 0) is 24.1 Å². The van der Waals surface area contributed by atoms with Crippen LogP contribution in [0, 0.1) is 6.92 Å². The van der Waals surface area contributed by atoms with E-state index in [0.717, 1.165) is 5.56 Å². The largest absolute Gasteiger partial charge is 0.479 e. The van der Waals surface area contributed by atoms with Gasteiger partial charge in [-0.15, -0.1) is 0 Å². The highest BCUT2D eigenvalue weighted by atomic mass is 16.4. The van der Waals surface area contributed by atoms with Crippen molar-refractivity contribution in [3.63, 3.8) is 0 Å². The number of aryl methyl sites for hydroxylation is 1. The second-order valence-corrected chi connectivity index (χ2v) is 3.34. The minimum absolute atomic E-state index is 0.285. The van der Waals surface area contributed by atoms with Crippen LogP contribution in [-0.4, -0.2) is 27.4 Å². The van der Waals surface area contributed by atoms with E-state index in [-0.39, 0.29) is 5.56 Å². The van der Waals surface area contributed by atoms with Gasteiger partial charge >= 0.3 is 5.97 Å². The van der Waals surface area contributed by atoms with Gasteiger partial charge in [-0.25, -0.2) is 4.79 Å². The predicted molar refractivity (Wildman–Crippen MR) is 54.2 cm³/mol. The number of hydrogen-bond donors (Lipinski definition) is 4. The maximum atomic E-state index is 10.4. The molecule has 0 aliphatic heterocycles. The summed E-state index contributed by atoms with van der Waals surface area (Å²) in [7, 11) is 0. The molecule has 15 heavy (non-hydrogen) atoms. The SMILES string of the molecule is Cc1ccc(C(O)C(O)C(=O)O)cc1N. The number of nitrogens with two attached hydrogens (primary N) is 1. The van der Waals surface area contributed by atoms with Gasteiger partial charge in [0.25, 0.3) is 0 Å². The summed E-state index contributed by atoms with van der Waals surface area (Å²) in [5, 5.41) is 27.1. The van der Waals surface area contributed by atoms with Crippen LogP contribution in [0.1, 0.15) is 17.2 Å². The molecular weight excluding hydrogens is 198 g/mol. The van der Waals surface area contributed by atoms with E-state index in [0.29, 0.717) is 5.69 Å². The number of benzene rings is 1. The van der Waals surface area contributed by atoms with Gasteiger partial charge in [-0.2, -0.15) is 0 Å². The van der Waals surface area contributed by atoms with E-state index in [9.17, 15) is 9.90 Å². The molecule has 1 aromatic rings. The summed E-state index contributed by atoms with van der Waals surface area (Å²) >= 11 is 0. The summed E-state index contributed by atoms with van der Waals surface area (Å²) in [5.41, 5.74) is 7.16. The lowest BCUT2D eigenvalue weighted by molar-refractivity contribution is -0.153. The summed E-state index contributed by atoms with van der Waals surface area (Å²) in [6.07, 6.45) is -3.31. The molecule has 0 saturated heterocycles. The van der Waals surface area contributed by atoms with Gasteiger partial charge in [0.15, 0.2) is 6.10 Å². The van der Waals surface area contributed by atoms with Crippen molar-refractivity contribution in [1.82, 2.24) is 0 Å². The van der Waals surface area contributed by atoms with E-state index in [1.807, 2.05) is 0 Å². The lowest BCUT2D eigenvalue weighted by Gasteiger charge is -2.15. The summed E-state index contributed by atoms with van der Waals surface area (Å²) in [6, 6.07) is 4.64. The van der Waals surface area contributed by atoms with Crippen molar-refractivity contribution in [2.24, 2.45) is 0 Å². The molecule has 0 aromatic heterocycles. The third-order valence-electron chi connectivity index (χ3n) is 2.20. The van der Waals surface area contributed by atoms with Gasteiger partial charge in [-0.3, -0.25) is 0 Å². The molecule has 0 spiro atoms. The average Bonchev–Trinajstić information content (AvgIpc) is 2.19. The molecule has 0 amide bonds. The van der Waals surface area contributed by atoms with E-state index in [4.69, 9.17) is 15.9 Å². The van der Waals surface area contributed by atoms with E-state index in [1.54, 1.807) is 13.0 Å². The Hall–Kier alpha value is -1.59. The van der Waals surface area contributed by atoms with Crippen molar-refractivity contribution in [2.45, 2.75) is 19.1 Å². The first-order valence-corrected chi connectivity index (χ1v) is 4.38. The molecule has 0 bridgehead atoms. The number of aliphatic hydroxyl groups is 2. The normalized spacial score (nSPS) is 14.6. The van der Waals surface area contributed by atoms with Crippen molar-refractivity contribution < 1.29 is 20.1 Å². The van der Waals surface area contributed by atoms with Crippen LogP contribution in [-0.2, 0) is 4.79 Å². The van der Waals surface area contributed by atoms with E-state index >= 15 is 0 Å². The van der Waals surface area contributed by atoms with Crippen molar-refractivity contribution in [3.8, 4) is 0 Å². The van der Waals surface area contributed by atoms with Crippen LogP contribution in [0.15, 0.2) is 18.2 Å². The van der Waals surface area contributed by atoms with Crippen molar-refractivity contribution in [1.29, 1.82) is 0 Å². The molecule has 5 N–H and O–H groups in total. The van der Waals surface area contributed by atoms with Gasteiger partial charge < -0.3 is 21.1 Å². The van der Waals surface area contributed by atoms with Crippen LogP contribution in [0.2, 0.25) is 0 Å². The zero-order valence-electron chi connectivity index (χ0n) is 8.21. The van der Waals surface area contributed by atoms with Crippen LogP contribution < -0.4 is 5.73 Å². The van der Waals surface area contributed by atoms with Crippen molar-refractivity contribution in [3.05, 3.63) is 29.3 Å². The van der Waals surface area contributed by atoms with Crippen molar-refractivity contribution in [2.75, 3.05) is 5.73 Å². The second-order valence-electron chi connectivity index (χ2n) is 3.34. The molecular formula is C10H13NO4. The third-order valence-corrected chi connectivity index (χ3v) is 2.20.